The minimum atomic E-state index is -0.491. The summed E-state index contributed by atoms with van der Waals surface area (Å²) in [5.41, 5.74) is 19.3. The third-order valence-electron chi connectivity index (χ3n) is 14.7. The van der Waals surface area contributed by atoms with Gasteiger partial charge < -0.3 is 0 Å². The minimum absolute atomic E-state index is 0.491. The average molecular weight is 864 g/mol. The van der Waals surface area contributed by atoms with Crippen LogP contribution in [0.25, 0.3) is 99.4 Å². The molecular weight excluding hydrogens is 823 g/mol. The first-order valence-corrected chi connectivity index (χ1v) is 23.5. The summed E-state index contributed by atoms with van der Waals surface area (Å²) >= 11 is 0. The van der Waals surface area contributed by atoms with E-state index in [0.717, 1.165) is 61.3 Å². The van der Waals surface area contributed by atoms with Crippen molar-refractivity contribution in [3.05, 3.63) is 270 Å². The van der Waals surface area contributed by atoms with Crippen molar-refractivity contribution in [2.75, 3.05) is 0 Å². The van der Waals surface area contributed by atoms with Gasteiger partial charge in [-0.1, -0.05) is 182 Å². The molecule has 3 heterocycles. The molecule has 68 heavy (non-hydrogen) atoms. The molecule has 2 aliphatic rings. The summed E-state index contributed by atoms with van der Waals surface area (Å²) in [7, 11) is 0. The number of allylic oxidation sites excluding steroid dienone is 3. The Morgan fingerprint density at radius 3 is 2.03 bits per heavy atom. The van der Waals surface area contributed by atoms with Gasteiger partial charge in [-0.3, -0.25) is 9.97 Å². The highest BCUT2D eigenvalue weighted by Crippen LogP contribution is 2.57. The molecule has 0 amide bonds. The lowest BCUT2D eigenvalue weighted by Gasteiger charge is -2.34. The maximum Gasteiger partial charge on any atom is 0.0970 e. The fourth-order valence-electron chi connectivity index (χ4n) is 11.6. The largest absolute Gasteiger partial charge is 0.254 e. The number of rotatable bonds is 5. The molecule has 316 valence electrons. The summed E-state index contributed by atoms with van der Waals surface area (Å²) in [5.74, 6) is 0. The van der Waals surface area contributed by atoms with Crippen LogP contribution >= 0.6 is 0 Å². The van der Waals surface area contributed by atoms with Crippen molar-refractivity contribution in [1.82, 2.24) is 15.0 Å². The Balaban J connectivity index is 0.907. The smallest absolute Gasteiger partial charge is 0.0970 e. The first kappa shape index (κ1) is 38.5. The van der Waals surface area contributed by atoms with Crippen LogP contribution in [0.15, 0.2) is 231 Å². The third kappa shape index (κ3) is 5.76. The first-order valence-electron chi connectivity index (χ1n) is 23.5. The average Bonchev–Trinajstić information content (AvgIpc) is 3.52. The predicted octanol–water partition coefficient (Wildman–Crippen LogP) is 16.0. The van der Waals surface area contributed by atoms with Crippen molar-refractivity contribution in [2.45, 2.75) is 11.8 Å². The third-order valence-corrected chi connectivity index (χ3v) is 14.7. The number of benzene rings is 9. The van der Waals surface area contributed by atoms with Gasteiger partial charge in [0.15, 0.2) is 0 Å². The SMILES string of the molecule is C1=Cc2c(ccc3ccc(-c4cccc(-c5nc6ccccc6c6cc7c(cc56)-c5ccccc5C7(c5ccccc5)c5ccccc5)c4)cc23)CC=C1c1ccnc2c1ccc1cccnc12. The van der Waals surface area contributed by atoms with E-state index in [4.69, 9.17) is 15.0 Å². The number of hydrogen-bond donors (Lipinski definition) is 0. The number of fused-ring (bicyclic) bond motifs is 12. The fourth-order valence-corrected chi connectivity index (χ4v) is 11.6. The molecule has 3 heteroatoms. The van der Waals surface area contributed by atoms with E-state index >= 15 is 0 Å². The Morgan fingerprint density at radius 1 is 0.397 bits per heavy atom. The molecule has 0 N–H and O–H groups in total. The van der Waals surface area contributed by atoms with Crippen molar-refractivity contribution in [1.29, 1.82) is 0 Å². The van der Waals surface area contributed by atoms with Crippen molar-refractivity contribution in [3.63, 3.8) is 0 Å². The molecule has 0 unspecified atom stereocenters. The zero-order chi connectivity index (χ0) is 44.8. The number of pyridine rings is 3. The van der Waals surface area contributed by atoms with Crippen LogP contribution in [0.4, 0.5) is 0 Å². The molecule has 0 bridgehead atoms. The molecule has 3 nitrogen and oxygen atoms in total. The number of nitrogens with zero attached hydrogens (tertiary/aromatic N) is 3. The molecule has 0 radical (unpaired) electrons. The molecule has 0 saturated carbocycles. The zero-order valence-corrected chi connectivity index (χ0v) is 37.1. The normalized spacial score (nSPS) is 13.7. The molecule has 0 aliphatic heterocycles. The van der Waals surface area contributed by atoms with Crippen LogP contribution in [0.5, 0.6) is 0 Å². The maximum atomic E-state index is 5.50. The van der Waals surface area contributed by atoms with Gasteiger partial charge in [0.1, 0.15) is 0 Å². The van der Waals surface area contributed by atoms with Crippen LogP contribution in [0.1, 0.15) is 38.9 Å². The van der Waals surface area contributed by atoms with E-state index in [0.29, 0.717) is 0 Å². The molecule has 9 aromatic carbocycles. The van der Waals surface area contributed by atoms with Gasteiger partial charge in [-0.15, -0.1) is 0 Å². The van der Waals surface area contributed by atoms with Crippen LogP contribution in [-0.4, -0.2) is 15.0 Å². The van der Waals surface area contributed by atoms with E-state index in [2.05, 4.69) is 218 Å². The lowest BCUT2D eigenvalue weighted by Crippen LogP contribution is -2.28. The zero-order valence-electron chi connectivity index (χ0n) is 37.1. The van der Waals surface area contributed by atoms with Crippen LogP contribution < -0.4 is 0 Å². The van der Waals surface area contributed by atoms with E-state index in [9.17, 15) is 0 Å². The molecule has 0 saturated heterocycles. The summed E-state index contributed by atoms with van der Waals surface area (Å²) in [4.78, 5) is 15.0. The van der Waals surface area contributed by atoms with Gasteiger partial charge in [0.25, 0.3) is 0 Å². The topological polar surface area (TPSA) is 38.7 Å². The Hall–Kier alpha value is -8.79. The molecule has 0 atom stereocenters. The Bertz CT molecular complexity index is 4070. The van der Waals surface area contributed by atoms with E-state index in [1.807, 2.05) is 18.5 Å². The van der Waals surface area contributed by atoms with E-state index in [1.54, 1.807) is 0 Å². The second kappa shape index (κ2) is 15.1. The molecule has 12 aromatic rings. The number of para-hydroxylation sites is 1. The van der Waals surface area contributed by atoms with Crippen LogP contribution in [-0.2, 0) is 11.8 Å². The minimum Gasteiger partial charge on any atom is -0.254 e. The Morgan fingerprint density at radius 2 is 1.15 bits per heavy atom. The Kier molecular flexibility index (Phi) is 8.56. The van der Waals surface area contributed by atoms with Gasteiger partial charge in [-0.2, -0.15) is 0 Å². The summed E-state index contributed by atoms with van der Waals surface area (Å²) in [6.07, 6.45) is 11.5. The second-order valence-corrected chi connectivity index (χ2v) is 18.2. The number of aromatic nitrogens is 3. The van der Waals surface area contributed by atoms with Crippen molar-refractivity contribution in [3.8, 4) is 33.5 Å². The quantitative estimate of drug-likeness (QED) is 0.162. The van der Waals surface area contributed by atoms with Crippen molar-refractivity contribution >= 4 is 65.9 Å². The number of hydrogen-bond acceptors (Lipinski definition) is 3. The molecule has 3 aromatic heterocycles. The molecule has 0 spiro atoms. The fraction of sp³-hybridized carbons (Fsp3) is 0.0308. The highest BCUT2D eigenvalue weighted by Gasteiger charge is 2.46. The summed E-state index contributed by atoms with van der Waals surface area (Å²) < 4.78 is 0. The highest BCUT2D eigenvalue weighted by molar-refractivity contribution is 6.14. The molecule has 14 rings (SSSR count). The van der Waals surface area contributed by atoms with Crippen LogP contribution in [0.2, 0.25) is 0 Å². The van der Waals surface area contributed by atoms with Gasteiger partial charge in [0.2, 0.25) is 0 Å². The van der Waals surface area contributed by atoms with Crippen molar-refractivity contribution < 1.29 is 0 Å². The first-order chi connectivity index (χ1) is 33.7. The van der Waals surface area contributed by atoms with Crippen molar-refractivity contribution in [2.24, 2.45) is 0 Å². The predicted molar refractivity (Wildman–Crippen MR) is 283 cm³/mol. The van der Waals surface area contributed by atoms with Gasteiger partial charge >= 0.3 is 0 Å². The van der Waals surface area contributed by atoms with Crippen LogP contribution in [0, 0.1) is 0 Å². The monoisotopic (exact) mass is 863 g/mol. The van der Waals surface area contributed by atoms with Gasteiger partial charge in [0.05, 0.1) is 27.7 Å². The van der Waals surface area contributed by atoms with E-state index in [1.165, 1.54) is 77.4 Å². The molecular formula is C65H41N3. The summed E-state index contributed by atoms with van der Waals surface area (Å²) in [6, 6.07) is 75.7. The standard InChI is InChI=1S/C65H41N3/c1-3-16-48(17-4-1)65(49-18-5-2-6-19-49)59-22-9-7-20-52(59)57-39-58-56(40-60(57)65)53-21-8-10-23-61(53)68-62(58)47-14-11-13-45(37-47)46-29-28-43-27-26-41-24-25-42(30-32-50(41)55(43)38-46)51-34-36-67-64-54(51)33-31-44-15-12-35-66-63(44)64/h1-23,25-40H,24H2. The van der Waals surface area contributed by atoms with Gasteiger partial charge in [-0.05, 0) is 132 Å². The molecule has 2 aliphatic carbocycles. The lowest BCUT2D eigenvalue weighted by molar-refractivity contribution is 0.769. The van der Waals surface area contributed by atoms with Gasteiger partial charge in [0, 0.05) is 39.5 Å². The maximum absolute atomic E-state index is 5.50. The summed E-state index contributed by atoms with van der Waals surface area (Å²) in [6.45, 7) is 0. The van der Waals surface area contributed by atoms with E-state index < -0.39 is 5.41 Å². The van der Waals surface area contributed by atoms with E-state index in [-0.39, 0.29) is 0 Å². The van der Waals surface area contributed by atoms with Crippen LogP contribution in [0.3, 0.4) is 0 Å². The lowest BCUT2D eigenvalue weighted by atomic mass is 9.67. The molecule has 0 fully saturated rings. The summed E-state index contributed by atoms with van der Waals surface area (Å²) in [5, 5.41) is 8.19. The second-order valence-electron chi connectivity index (χ2n) is 18.2. The highest BCUT2D eigenvalue weighted by atomic mass is 14.7. The van der Waals surface area contributed by atoms with Gasteiger partial charge in [-0.25, -0.2) is 4.98 Å². The Labute approximate surface area is 394 Å².